The number of pyridine rings is 1. The molecule has 8 nitrogen and oxygen atoms in total. The van der Waals surface area contributed by atoms with Crippen LogP contribution in [-0.2, 0) is 17.5 Å². The van der Waals surface area contributed by atoms with Crippen LogP contribution in [0.25, 0.3) is 22.4 Å². The van der Waals surface area contributed by atoms with Crippen molar-refractivity contribution in [3.05, 3.63) is 77.0 Å². The van der Waals surface area contributed by atoms with Gasteiger partial charge in [0.1, 0.15) is 16.7 Å². The van der Waals surface area contributed by atoms with Crippen LogP contribution in [-0.4, -0.2) is 67.3 Å². The first-order valence-corrected chi connectivity index (χ1v) is 14.6. The molecule has 0 fully saturated rings. The van der Waals surface area contributed by atoms with Gasteiger partial charge in [-0.2, -0.15) is 0 Å². The first kappa shape index (κ1) is 29.6. The molecule has 2 heterocycles. The Labute approximate surface area is 239 Å². The van der Waals surface area contributed by atoms with Crippen molar-refractivity contribution in [1.29, 1.82) is 0 Å². The van der Waals surface area contributed by atoms with E-state index in [4.69, 9.17) is 4.98 Å². The molecule has 1 aliphatic rings. The van der Waals surface area contributed by atoms with Gasteiger partial charge in [-0.25, -0.2) is 13.5 Å². The fourth-order valence-electron chi connectivity index (χ4n) is 4.99. The first-order valence-electron chi connectivity index (χ1n) is 13.5. The summed E-state index contributed by atoms with van der Waals surface area (Å²) < 4.78 is 15.0. The third-order valence-electron chi connectivity index (χ3n) is 6.85. The van der Waals surface area contributed by atoms with Gasteiger partial charge in [-0.1, -0.05) is 30.3 Å². The second-order valence-corrected chi connectivity index (χ2v) is 13.3. The smallest absolute Gasteiger partial charge is 0.269 e. The van der Waals surface area contributed by atoms with E-state index in [-0.39, 0.29) is 24.5 Å². The highest BCUT2D eigenvalue weighted by Gasteiger charge is 2.40. The number of aliphatic hydroxyl groups is 1. The number of hydrogen-bond donors (Lipinski definition) is 2. The van der Waals surface area contributed by atoms with Crippen molar-refractivity contribution in [2.24, 2.45) is 0 Å². The molecule has 0 saturated heterocycles. The Morgan fingerprint density at radius 2 is 1.73 bits per heavy atom. The minimum atomic E-state index is -1.34. The van der Waals surface area contributed by atoms with E-state index in [1.165, 1.54) is 0 Å². The molecule has 0 radical (unpaired) electrons. The topological polar surface area (TPSA) is 103 Å². The normalized spacial score (nSPS) is 15.9. The molecule has 3 aromatic rings. The van der Waals surface area contributed by atoms with E-state index in [1.54, 1.807) is 31.1 Å². The van der Waals surface area contributed by atoms with Crippen LogP contribution < -0.4 is 5.32 Å². The SMILES string of the molecule is CCNC(=O)c1cc2c(c(-c3cccc(-c4cccc(C(=O)N(C)C)c4)c3)n1)[C@@H](CCO)N(S(=O)C(C)(C)C)C2. The molecular formula is C31H38N4O4S. The Hall–Kier alpha value is -3.40. The monoisotopic (exact) mass is 562 g/mol. The number of benzene rings is 2. The average Bonchev–Trinajstić information content (AvgIpc) is 3.29. The number of hydrogen-bond acceptors (Lipinski definition) is 5. The molecule has 2 amide bonds. The lowest BCUT2D eigenvalue weighted by molar-refractivity contribution is 0.0827. The second kappa shape index (κ2) is 12.0. The predicted octanol–water partition coefficient (Wildman–Crippen LogP) is 4.57. The van der Waals surface area contributed by atoms with Crippen LogP contribution in [0.3, 0.4) is 0 Å². The molecule has 0 bridgehead atoms. The molecule has 1 aliphatic heterocycles. The lowest BCUT2D eigenvalue weighted by Gasteiger charge is -2.30. The Morgan fingerprint density at radius 3 is 2.35 bits per heavy atom. The van der Waals surface area contributed by atoms with Crippen LogP contribution >= 0.6 is 0 Å². The van der Waals surface area contributed by atoms with Crippen LogP contribution in [0.5, 0.6) is 0 Å². The van der Waals surface area contributed by atoms with E-state index in [9.17, 15) is 18.9 Å². The fourth-order valence-corrected chi connectivity index (χ4v) is 6.39. The lowest BCUT2D eigenvalue weighted by atomic mass is 9.93. The van der Waals surface area contributed by atoms with Gasteiger partial charge in [0.05, 0.1) is 16.5 Å². The highest BCUT2D eigenvalue weighted by molar-refractivity contribution is 7.84. The minimum Gasteiger partial charge on any atom is -0.396 e. The standard InChI is InChI=1S/C31H38N4O4S/c1-7-32-29(37)25-18-24-19-35(40(39)31(2,3)4)26(14-15-36)27(24)28(33-25)22-12-8-10-20(16-22)21-11-9-13-23(17-21)30(38)34(5)6/h8-13,16-18,26,36H,7,14-15,19H2,1-6H3,(H,32,37)/t26-,40?/m1/s1. The summed E-state index contributed by atoms with van der Waals surface area (Å²) in [7, 11) is 2.11. The molecule has 9 heteroatoms. The minimum absolute atomic E-state index is 0.0772. The van der Waals surface area contributed by atoms with E-state index in [1.807, 2.05) is 74.5 Å². The van der Waals surface area contributed by atoms with Crippen LogP contribution in [0.4, 0.5) is 0 Å². The number of carbonyl (C=O) groups excluding carboxylic acids is 2. The summed E-state index contributed by atoms with van der Waals surface area (Å²) >= 11 is 0. The van der Waals surface area contributed by atoms with Gasteiger partial charge >= 0.3 is 0 Å². The number of carbonyl (C=O) groups is 2. The summed E-state index contributed by atoms with van der Waals surface area (Å²) in [6, 6.07) is 16.8. The number of nitrogens with zero attached hydrogens (tertiary/aromatic N) is 3. The van der Waals surface area contributed by atoms with E-state index < -0.39 is 15.7 Å². The summed E-state index contributed by atoms with van der Waals surface area (Å²) in [5.41, 5.74) is 5.87. The predicted molar refractivity (Wildman–Crippen MR) is 159 cm³/mol. The summed E-state index contributed by atoms with van der Waals surface area (Å²) in [4.78, 5) is 31.9. The van der Waals surface area contributed by atoms with Crippen molar-refractivity contribution in [1.82, 2.24) is 19.5 Å². The van der Waals surface area contributed by atoms with Crippen molar-refractivity contribution in [2.75, 3.05) is 27.2 Å². The van der Waals surface area contributed by atoms with Crippen LogP contribution in [0.15, 0.2) is 54.6 Å². The Morgan fingerprint density at radius 1 is 1.07 bits per heavy atom. The molecule has 4 rings (SSSR count). The Bertz CT molecular complexity index is 1450. The number of rotatable bonds is 8. The van der Waals surface area contributed by atoms with E-state index in [0.717, 1.165) is 27.8 Å². The molecular weight excluding hydrogens is 524 g/mol. The van der Waals surface area contributed by atoms with Crippen LogP contribution in [0, 0.1) is 0 Å². The molecule has 1 unspecified atom stereocenters. The first-order chi connectivity index (χ1) is 19.0. The van der Waals surface area contributed by atoms with Gasteiger partial charge in [-0.3, -0.25) is 9.59 Å². The van der Waals surface area contributed by atoms with Gasteiger partial charge in [-0.15, -0.1) is 0 Å². The van der Waals surface area contributed by atoms with Gasteiger partial charge in [0.2, 0.25) is 0 Å². The van der Waals surface area contributed by atoms with Gasteiger partial charge in [0.25, 0.3) is 11.8 Å². The van der Waals surface area contributed by atoms with E-state index in [2.05, 4.69) is 5.32 Å². The largest absolute Gasteiger partial charge is 0.396 e. The fraction of sp³-hybridized carbons (Fsp3) is 0.387. The molecule has 0 saturated carbocycles. The molecule has 2 atom stereocenters. The zero-order valence-corrected chi connectivity index (χ0v) is 24.8. The van der Waals surface area contributed by atoms with Crippen molar-refractivity contribution < 1.29 is 18.9 Å². The molecule has 0 aliphatic carbocycles. The third-order valence-corrected chi connectivity index (χ3v) is 8.70. The Kier molecular flexibility index (Phi) is 8.87. The summed E-state index contributed by atoms with van der Waals surface area (Å²) in [6.45, 7) is 8.43. The molecule has 1 aromatic heterocycles. The van der Waals surface area contributed by atoms with E-state index in [0.29, 0.717) is 36.5 Å². The molecule has 0 spiro atoms. The lowest BCUT2D eigenvalue weighted by Crippen LogP contribution is -2.36. The zero-order valence-electron chi connectivity index (χ0n) is 24.0. The number of fused-ring (bicyclic) bond motifs is 1. The van der Waals surface area contributed by atoms with Crippen molar-refractivity contribution in [3.63, 3.8) is 0 Å². The maximum atomic E-state index is 13.6. The number of aliphatic hydroxyl groups excluding tert-OH is 1. The number of amides is 2. The van der Waals surface area contributed by atoms with Crippen molar-refractivity contribution in [3.8, 4) is 22.4 Å². The van der Waals surface area contributed by atoms with E-state index >= 15 is 0 Å². The third kappa shape index (κ3) is 6.01. The van der Waals surface area contributed by atoms with Crippen molar-refractivity contribution >= 4 is 22.8 Å². The van der Waals surface area contributed by atoms with Crippen molar-refractivity contribution in [2.45, 2.75) is 51.4 Å². The van der Waals surface area contributed by atoms with Gasteiger partial charge in [0, 0.05) is 50.5 Å². The van der Waals surface area contributed by atoms with Crippen LogP contribution in [0.1, 0.15) is 72.1 Å². The molecule has 212 valence electrons. The maximum Gasteiger partial charge on any atom is 0.269 e. The van der Waals surface area contributed by atoms with Crippen LogP contribution in [0.2, 0.25) is 0 Å². The van der Waals surface area contributed by atoms with Gasteiger partial charge in [-0.05, 0) is 75.1 Å². The molecule has 2 aromatic carbocycles. The van der Waals surface area contributed by atoms with Gasteiger partial charge < -0.3 is 15.3 Å². The zero-order chi connectivity index (χ0) is 29.2. The molecule has 2 N–H and O–H groups in total. The maximum absolute atomic E-state index is 13.6. The van der Waals surface area contributed by atoms with Gasteiger partial charge in [0.15, 0.2) is 0 Å². The summed E-state index contributed by atoms with van der Waals surface area (Å²) in [5, 5.41) is 12.8. The highest BCUT2D eigenvalue weighted by Crippen LogP contribution is 2.44. The Balaban J connectivity index is 1.88. The summed E-state index contributed by atoms with van der Waals surface area (Å²) in [6.07, 6.45) is 0.387. The second-order valence-electron chi connectivity index (χ2n) is 11.1. The summed E-state index contributed by atoms with van der Waals surface area (Å²) in [5.74, 6) is -0.349. The number of nitrogens with one attached hydrogen (secondary N) is 1. The average molecular weight is 563 g/mol. The highest BCUT2D eigenvalue weighted by atomic mass is 32.2. The number of aromatic nitrogens is 1. The quantitative estimate of drug-likeness (QED) is 0.419. The molecule has 40 heavy (non-hydrogen) atoms.